The molecule has 0 amide bonds. The molecular weight excluding hydrogens is 174 g/mol. The Kier molecular flexibility index (Phi) is 3.27. The van der Waals surface area contributed by atoms with Gasteiger partial charge >= 0.3 is 0 Å². The number of rotatable bonds is 1. The van der Waals surface area contributed by atoms with Gasteiger partial charge < -0.3 is 5.11 Å². The minimum absolute atomic E-state index is 0.282. The lowest BCUT2D eigenvalue weighted by Gasteiger charge is -2.43. The second-order valence-electron chi connectivity index (χ2n) is 6.09. The molecule has 1 aliphatic heterocycles. The molecule has 0 atom stereocenters. The van der Waals surface area contributed by atoms with E-state index in [0.29, 0.717) is 5.92 Å². The molecule has 1 N–H and O–H groups in total. The fraction of sp³-hybridized carbons (Fsp3) is 1.00. The van der Waals surface area contributed by atoms with E-state index in [9.17, 15) is 5.11 Å². The van der Waals surface area contributed by atoms with Gasteiger partial charge in [0.2, 0.25) is 0 Å². The Hall–Kier alpha value is -0.0800. The SMILES string of the molecule is CC(C)(O)C1CCN(C(C)(C)C)CC1. The predicted molar refractivity (Wildman–Crippen MR) is 60.3 cm³/mol. The third-order valence-electron chi connectivity index (χ3n) is 3.44. The van der Waals surface area contributed by atoms with E-state index in [-0.39, 0.29) is 5.54 Å². The van der Waals surface area contributed by atoms with Crippen molar-refractivity contribution in [3.8, 4) is 0 Å². The minimum Gasteiger partial charge on any atom is -0.390 e. The van der Waals surface area contributed by atoms with Crippen LogP contribution in [-0.2, 0) is 0 Å². The normalized spacial score (nSPS) is 22.7. The van der Waals surface area contributed by atoms with Crippen molar-refractivity contribution in [2.75, 3.05) is 13.1 Å². The number of hydrogen-bond acceptors (Lipinski definition) is 2. The Morgan fingerprint density at radius 1 is 1.00 bits per heavy atom. The minimum atomic E-state index is -0.496. The lowest BCUT2D eigenvalue weighted by Crippen LogP contribution is -2.49. The third kappa shape index (κ3) is 2.96. The Labute approximate surface area is 88.3 Å². The Bertz CT molecular complexity index is 157. The van der Waals surface area contributed by atoms with E-state index >= 15 is 0 Å². The van der Waals surface area contributed by atoms with Gasteiger partial charge in [-0.15, -0.1) is 0 Å². The first-order valence-electron chi connectivity index (χ1n) is 5.68. The molecule has 0 spiro atoms. The molecule has 1 rings (SSSR count). The maximum absolute atomic E-state index is 9.91. The van der Waals surface area contributed by atoms with Crippen LogP contribution in [0.3, 0.4) is 0 Å². The third-order valence-corrected chi connectivity index (χ3v) is 3.44. The molecular formula is C12H25NO. The Morgan fingerprint density at radius 3 is 1.71 bits per heavy atom. The van der Waals surface area contributed by atoms with Crippen LogP contribution in [0.25, 0.3) is 0 Å². The van der Waals surface area contributed by atoms with Gasteiger partial charge in [-0.05, 0) is 66.5 Å². The first-order valence-corrected chi connectivity index (χ1v) is 5.68. The van der Waals surface area contributed by atoms with E-state index in [1.54, 1.807) is 0 Å². The molecule has 0 aromatic heterocycles. The van der Waals surface area contributed by atoms with Gasteiger partial charge in [-0.2, -0.15) is 0 Å². The summed E-state index contributed by atoms with van der Waals surface area (Å²) in [6.07, 6.45) is 2.25. The number of nitrogens with zero attached hydrogens (tertiary/aromatic N) is 1. The quantitative estimate of drug-likeness (QED) is 0.700. The second kappa shape index (κ2) is 3.82. The van der Waals surface area contributed by atoms with Gasteiger partial charge in [-0.25, -0.2) is 0 Å². The zero-order valence-corrected chi connectivity index (χ0v) is 10.3. The number of piperidine rings is 1. The van der Waals surface area contributed by atoms with E-state index in [0.717, 1.165) is 25.9 Å². The molecule has 1 heterocycles. The van der Waals surface area contributed by atoms with Crippen molar-refractivity contribution in [3.05, 3.63) is 0 Å². The van der Waals surface area contributed by atoms with E-state index in [2.05, 4.69) is 25.7 Å². The molecule has 0 aromatic carbocycles. The van der Waals surface area contributed by atoms with Gasteiger partial charge in [0.05, 0.1) is 5.60 Å². The molecule has 84 valence electrons. The van der Waals surface area contributed by atoms with E-state index in [1.807, 2.05) is 13.8 Å². The molecule has 2 nitrogen and oxygen atoms in total. The smallest absolute Gasteiger partial charge is 0.0620 e. The van der Waals surface area contributed by atoms with E-state index in [4.69, 9.17) is 0 Å². The van der Waals surface area contributed by atoms with Gasteiger partial charge in [0, 0.05) is 5.54 Å². The molecule has 0 aromatic rings. The summed E-state index contributed by atoms with van der Waals surface area (Å²) in [5, 5.41) is 9.91. The number of likely N-dealkylation sites (tertiary alicyclic amines) is 1. The van der Waals surface area contributed by atoms with Crippen molar-refractivity contribution < 1.29 is 5.11 Å². The molecule has 1 saturated heterocycles. The average molecular weight is 199 g/mol. The molecule has 2 heteroatoms. The first-order chi connectivity index (χ1) is 6.21. The number of hydrogen-bond donors (Lipinski definition) is 1. The zero-order valence-electron chi connectivity index (χ0n) is 10.3. The fourth-order valence-corrected chi connectivity index (χ4v) is 2.26. The van der Waals surface area contributed by atoms with Crippen LogP contribution in [0.5, 0.6) is 0 Å². The summed E-state index contributed by atoms with van der Waals surface area (Å²) in [6.45, 7) is 12.9. The standard InChI is InChI=1S/C12H25NO/c1-11(2,3)13-8-6-10(7-9-13)12(4,5)14/h10,14H,6-9H2,1-5H3. The van der Waals surface area contributed by atoms with Crippen molar-refractivity contribution in [3.63, 3.8) is 0 Å². The lowest BCUT2D eigenvalue weighted by atomic mass is 9.82. The maximum Gasteiger partial charge on any atom is 0.0620 e. The molecule has 0 radical (unpaired) electrons. The highest BCUT2D eigenvalue weighted by Gasteiger charge is 2.33. The average Bonchev–Trinajstić information content (AvgIpc) is 2.01. The summed E-state index contributed by atoms with van der Waals surface area (Å²) in [7, 11) is 0. The van der Waals surface area contributed by atoms with Crippen molar-refractivity contribution in [2.45, 2.75) is 58.6 Å². The maximum atomic E-state index is 9.91. The molecule has 1 aliphatic rings. The highest BCUT2D eigenvalue weighted by atomic mass is 16.3. The van der Waals surface area contributed by atoms with Crippen LogP contribution in [0.1, 0.15) is 47.5 Å². The van der Waals surface area contributed by atoms with Crippen LogP contribution in [0.2, 0.25) is 0 Å². The summed E-state index contributed by atoms with van der Waals surface area (Å²) in [4.78, 5) is 2.51. The summed E-state index contributed by atoms with van der Waals surface area (Å²) >= 11 is 0. The van der Waals surface area contributed by atoms with Gasteiger partial charge in [0.1, 0.15) is 0 Å². The summed E-state index contributed by atoms with van der Waals surface area (Å²) in [5.41, 5.74) is -0.214. The second-order valence-corrected chi connectivity index (χ2v) is 6.09. The van der Waals surface area contributed by atoms with Crippen LogP contribution < -0.4 is 0 Å². The largest absolute Gasteiger partial charge is 0.390 e. The number of aliphatic hydroxyl groups is 1. The van der Waals surface area contributed by atoms with Crippen LogP contribution >= 0.6 is 0 Å². The molecule has 0 bridgehead atoms. The topological polar surface area (TPSA) is 23.5 Å². The van der Waals surface area contributed by atoms with E-state index in [1.165, 1.54) is 0 Å². The predicted octanol–water partition coefficient (Wildman–Crippen LogP) is 2.27. The van der Waals surface area contributed by atoms with Crippen LogP contribution in [0, 0.1) is 5.92 Å². The van der Waals surface area contributed by atoms with Gasteiger partial charge in [-0.3, -0.25) is 4.90 Å². The highest BCUT2D eigenvalue weighted by molar-refractivity contribution is 4.87. The lowest BCUT2D eigenvalue weighted by molar-refractivity contribution is -0.0264. The van der Waals surface area contributed by atoms with E-state index < -0.39 is 5.60 Å². The van der Waals surface area contributed by atoms with Crippen molar-refractivity contribution >= 4 is 0 Å². The molecule has 0 saturated carbocycles. The summed E-state index contributed by atoms with van der Waals surface area (Å²) in [5.74, 6) is 0.473. The van der Waals surface area contributed by atoms with Gasteiger partial charge in [-0.1, -0.05) is 0 Å². The Morgan fingerprint density at radius 2 is 1.43 bits per heavy atom. The molecule has 14 heavy (non-hydrogen) atoms. The fourth-order valence-electron chi connectivity index (χ4n) is 2.26. The van der Waals surface area contributed by atoms with Gasteiger partial charge in [0.15, 0.2) is 0 Å². The summed E-state index contributed by atoms with van der Waals surface area (Å²) in [6, 6.07) is 0. The summed E-state index contributed by atoms with van der Waals surface area (Å²) < 4.78 is 0. The highest BCUT2D eigenvalue weighted by Crippen LogP contribution is 2.30. The van der Waals surface area contributed by atoms with Crippen molar-refractivity contribution in [1.29, 1.82) is 0 Å². The zero-order chi connectivity index (χ0) is 11.0. The van der Waals surface area contributed by atoms with Crippen LogP contribution in [0.4, 0.5) is 0 Å². The van der Waals surface area contributed by atoms with Gasteiger partial charge in [0.25, 0.3) is 0 Å². The van der Waals surface area contributed by atoms with Crippen LogP contribution in [-0.4, -0.2) is 34.2 Å². The molecule has 1 fully saturated rings. The molecule has 0 aliphatic carbocycles. The van der Waals surface area contributed by atoms with Crippen molar-refractivity contribution in [1.82, 2.24) is 4.90 Å². The first kappa shape index (κ1) is 12.0. The van der Waals surface area contributed by atoms with Crippen molar-refractivity contribution in [2.24, 2.45) is 5.92 Å². The molecule has 0 unspecified atom stereocenters. The monoisotopic (exact) mass is 199 g/mol. The Balaban J connectivity index is 2.47. The van der Waals surface area contributed by atoms with Crippen LogP contribution in [0.15, 0.2) is 0 Å².